The van der Waals surface area contributed by atoms with Crippen LogP contribution < -0.4 is 16.0 Å². The summed E-state index contributed by atoms with van der Waals surface area (Å²) in [6.45, 7) is 0.319. The average molecular weight is 422 g/mol. The second-order valence-electron chi connectivity index (χ2n) is 8.16. The van der Waals surface area contributed by atoms with Gasteiger partial charge in [-0.2, -0.15) is 0 Å². The third-order valence-corrected chi connectivity index (χ3v) is 5.98. The fraction of sp³-hybridized carbons (Fsp3) is 0.636. The van der Waals surface area contributed by atoms with Crippen LogP contribution in [0.1, 0.15) is 51.4 Å². The van der Waals surface area contributed by atoms with Crippen molar-refractivity contribution < 1.29 is 23.8 Å². The second kappa shape index (κ2) is 11.3. The minimum atomic E-state index is -0.538. The van der Waals surface area contributed by atoms with E-state index in [4.69, 9.17) is 4.74 Å². The van der Waals surface area contributed by atoms with Gasteiger partial charge in [0.15, 0.2) is 0 Å². The highest BCUT2D eigenvalue weighted by molar-refractivity contribution is 5.89. The molecule has 7 nitrogen and oxygen atoms in total. The van der Waals surface area contributed by atoms with Gasteiger partial charge in [0.2, 0.25) is 5.91 Å². The summed E-state index contributed by atoms with van der Waals surface area (Å²) in [5.41, 5.74) is 0.0962. The molecule has 1 aromatic carbocycles. The van der Waals surface area contributed by atoms with Crippen LogP contribution in [-0.4, -0.2) is 48.4 Å². The summed E-state index contributed by atoms with van der Waals surface area (Å²) in [5, 5.41) is 17.9. The fourth-order valence-corrected chi connectivity index (χ4v) is 4.26. The average Bonchev–Trinajstić information content (AvgIpc) is 2.76. The number of hydrogen-bond donors (Lipinski definition) is 4. The Morgan fingerprint density at radius 2 is 1.87 bits per heavy atom. The molecule has 4 N–H and O–H groups in total. The van der Waals surface area contributed by atoms with Crippen molar-refractivity contribution in [2.75, 3.05) is 18.5 Å². The van der Waals surface area contributed by atoms with Crippen LogP contribution in [0.3, 0.4) is 0 Å². The standard InChI is InChI=1S/C22H32FN3O4/c23-17-8-4-5-9-18(17)25-22(29)26-19-11-10-16(30-20(19)14-27)12-13-24-21(28)15-6-2-1-3-7-15/h4-5,8-9,15-16,19-20,27H,1-3,6-7,10-14H2,(H,24,28)(H2,25,26,29)/t16-,19-,20-/m0/s1. The zero-order valence-corrected chi connectivity index (χ0v) is 17.2. The van der Waals surface area contributed by atoms with Gasteiger partial charge in [0.05, 0.1) is 24.4 Å². The highest BCUT2D eigenvalue weighted by Gasteiger charge is 2.32. The summed E-state index contributed by atoms with van der Waals surface area (Å²) in [6, 6.07) is 5.03. The number of carbonyl (C=O) groups excluding carboxylic acids is 2. The van der Waals surface area contributed by atoms with E-state index in [1.165, 1.54) is 18.6 Å². The molecule has 3 atom stereocenters. The maximum Gasteiger partial charge on any atom is 0.319 e. The lowest BCUT2D eigenvalue weighted by Crippen LogP contribution is -2.52. The van der Waals surface area contributed by atoms with Crippen molar-refractivity contribution in [3.05, 3.63) is 30.1 Å². The monoisotopic (exact) mass is 421 g/mol. The largest absolute Gasteiger partial charge is 0.394 e. The molecule has 8 heteroatoms. The second-order valence-corrected chi connectivity index (χ2v) is 8.16. The first-order valence-electron chi connectivity index (χ1n) is 10.9. The molecule has 1 aromatic rings. The number of rotatable bonds is 7. The van der Waals surface area contributed by atoms with E-state index in [1.54, 1.807) is 12.1 Å². The minimum Gasteiger partial charge on any atom is -0.394 e. The van der Waals surface area contributed by atoms with Crippen LogP contribution in [0.15, 0.2) is 24.3 Å². The normalized spacial score (nSPS) is 24.8. The molecule has 1 saturated heterocycles. The van der Waals surface area contributed by atoms with E-state index in [-0.39, 0.29) is 36.3 Å². The molecule has 1 heterocycles. The van der Waals surface area contributed by atoms with Crippen molar-refractivity contribution in [1.29, 1.82) is 0 Å². The molecule has 2 fully saturated rings. The van der Waals surface area contributed by atoms with Gasteiger partial charge >= 0.3 is 6.03 Å². The van der Waals surface area contributed by atoms with Crippen molar-refractivity contribution in [2.45, 2.75) is 69.6 Å². The topological polar surface area (TPSA) is 99.7 Å². The lowest BCUT2D eigenvalue weighted by Gasteiger charge is -2.36. The Morgan fingerprint density at radius 3 is 2.60 bits per heavy atom. The van der Waals surface area contributed by atoms with Crippen LogP contribution in [0, 0.1) is 11.7 Å². The first-order chi connectivity index (χ1) is 14.6. The molecule has 30 heavy (non-hydrogen) atoms. The molecule has 3 amide bonds. The van der Waals surface area contributed by atoms with E-state index in [2.05, 4.69) is 16.0 Å². The summed E-state index contributed by atoms with van der Waals surface area (Å²) in [7, 11) is 0. The Labute approximate surface area is 176 Å². The van der Waals surface area contributed by atoms with E-state index in [0.29, 0.717) is 25.8 Å². The molecule has 0 bridgehead atoms. The maximum atomic E-state index is 13.7. The Balaban J connectivity index is 1.40. The number of amides is 3. The number of urea groups is 1. The van der Waals surface area contributed by atoms with Crippen LogP contribution >= 0.6 is 0 Å². The predicted octanol–water partition coefficient (Wildman–Crippen LogP) is 2.94. The molecular formula is C22H32FN3O4. The summed E-state index contributed by atoms with van der Waals surface area (Å²) in [4.78, 5) is 24.4. The molecule has 3 rings (SSSR count). The van der Waals surface area contributed by atoms with Crippen LogP contribution in [0.25, 0.3) is 0 Å². The van der Waals surface area contributed by atoms with Gasteiger partial charge in [0.1, 0.15) is 11.9 Å². The predicted molar refractivity (Wildman–Crippen MR) is 112 cm³/mol. The van der Waals surface area contributed by atoms with Gasteiger partial charge in [0.25, 0.3) is 0 Å². The number of carbonyl (C=O) groups is 2. The molecule has 0 aromatic heterocycles. The molecular weight excluding hydrogens is 389 g/mol. The number of halogens is 1. The first-order valence-corrected chi connectivity index (χ1v) is 10.9. The SMILES string of the molecule is O=C(Nc1ccccc1F)N[C@H]1CC[C@@H](CCNC(=O)C2CCCCC2)O[C@H]1CO. The van der Waals surface area contributed by atoms with Crippen LogP contribution in [0.4, 0.5) is 14.9 Å². The first kappa shape index (κ1) is 22.5. The van der Waals surface area contributed by atoms with E-state index >= 15 is 0 Å². The van der Waals surface area contributed by atoms with Crippen molar-refractivity contribution >= 4 is 17.6 Å². The molecule has 1 aliphatic carbocycles. The summed E-state index contributed by atoms with van der Waals surface area (Å²) < 4.78 is 19.6. The minimum absolute atomic E-state index is 0.0820. The van der Waals surface area contributed by atoms with Crippen molar-refractivity contribution in [2.24, 2.45) is 5.92 Å². The van der Waals surface area contributed by atoms with Gasteiger partial charge in [-0.05, 0) is 44.2 Å². The number of aliphatic hydroxyl groups is 1. The third kappa shape index (κ3) is 6.40. The van der Waals surface area contributed by atoms with Gasteiger partial charge in [-0.25, -0.2) is 9.18 Å². The van der Waals surface area contributed by atoms with Gasteiger partial charge < -0.3 is 25.8 Å². The van der Waals surface area contributed by atoms with Crippen LogP contribution in [0.2, 0.25) is 0 Å². The number of hydrogen-bond acceptors (Lipinski definition) is 4. The number of para-hydroxylation sites is 1. The Bertz CT molecular complexity index is 711. The molecule has 1 saturated carbocycles. The molecule has 166 valence electrons. The van der Waals surface area contributed by atoms with E-state index in [0.717, 1.165) is 25.7 Å². The number of ether oxygens (including phenoxy) is 1. The molecule has 2 aliphatic rings. The molecule has 0 unspecified atom stereocenters. The van der Waals surface area contributed by atoms with Gasteiger partial charge in [0, 0.05) is 12.5 Å². The molecule has 0 spiro atoms. The quantitative estimate of drug-likeness (QED) is 0.544. The van der Waals surface area contributed by atoms with Gasteiger partial charge in [-0.1, -0.05) is 31.4 Å². The van der Waals surface area contributed by atoms with Crippen molar-refractivity contribution in [3.8, 4) is 0 Å². The van der Waals surface area contributed by atoms with E-state index in [1.807, 2.05) is 0 Å². The van der Waals surface area contributed by atoms with Crippen molar-refractivity contribution in [3.63, 3.8) is 0 Å². The zero-order chi connectivity index (χ0) is 21.3. The number of nitrogens with one attached hydrogen (secondary N) is 3. The summed E-state index contributed by atoms with van der Waals surface area (Å²) >= 11 is 0. The highest BCUT2D eigenvalue weighted by Crippen LogP contribution is 2.24. The Hall–Kier alpha value is -2.19. The lowest BCUT2D eigenvalue weighted by atomic mass is 9.88. The highest BCUT2D eigenvalue weighted by atomic mass is 19.1. The van der Waals surface area contributed by atoms with Gasteiger partial charge in [-0.3, -0.25) is 4.79 Å². The molecule has 0 radical (unpaired) electrons. The lowest BCUT2D eigenvalue weighted by molar-refractivity contribution is -0.126. The number of aliphatic hydroxyl groups excluding tert-OH is 1. The third-order valence-electron chi connectivity index (χ3n) is 5.98. The maximum absolute atomic E-state index is 13.7. The summed E-state index contributed by atoms with van der Waals surface area (Å²) in [5.74, 6) is -0.243. The molecule has 1 aliphatic heterocycles. The summed E-state index contributed by atoms with van der Waals surface area (Å²) in [6.07, 6.45) is 6.81. The number of benzene rings is 1. The Morgan fingerprint density at radius 1 is 1.10 bits per heavy atom. The zero-order valence-electron chi connectivity index (χ0n) is 17.2. The Kier molecular flexibility index (Phi) is 8.45. The van der Waals surface area contributed by atoms with E-state index < -0.39 is 18.0 Å². The van der Waals surface area contributed by atoms with Crippen LogP contribution in [0.5, 0.6) is 0 Å². The fourth-order valence-electron chi connectivity index (χ4n) is 4.26. The smallest absolute Gasteiger partial charge is 0.319 e. The van der Waals surface area contributed by atoms with Crippen molar-refractivity contribution in [1.82, 2.24) is 10.6 Å². The van der Waals surface area contributed by atoms with Crippen LogP contribution in [-0.2, 0) is 9.53 Å². The number of anilines is 1. The van der Waals surface area contributed by atoms with Gasteiger partial charge in [-0.15, -0.1) is 0 Å². The van der Waals surface area contributed by atoms with E-state index in [9.17, 15) is 19.1 Å².